The van der Waals surface area contributed by atoms with Crippen molar-refractivity contribution in [1.82, 2.24) is 14.8 Å². The summed E-state index contributed by atoms with van der Waals surface area (Å²) in [5, 5.41) is 5.70. The van der Waals surface area contributed by atoms with Crippen molar-refractivity contribution in [2.24, 2.45) is 11.3 Å². The molecule has 1 aromatic heterocycles. The van der Waals surface area contributed by atoms with Gasteiger partial charge in [0.2, 0.25) is 0 Å². The lowest BCUT2D eigenvalue weighted by atomic mass is 10.0. The van der Waals surface area contributed by atoms with Crippen LogP contribution in [0.2, 0.25) is 0 Å². The number of carbonyl (C=O) groups is 1. The van der Waals surface area contributed by atoms with Crippen LogP contribution in [0.3, 0.4) is 0 Å². The molecule has 1 amide bonds. The third kappa shape index (κ3) is 5.33. The Morgan fingerprint density at radius 2 is 1.76 bits per heavy atom. The number of anilines is 1. The van der Waals surface area contributed by atoms with Gasteiger partial charge in [0.1, 0.15) is 5.75 Å². The van der Waals surface area contributed by atoms with Gasteiger partial charge in [-0.3, -0.25) is 14.5 Å². The number of aryl methyl sites for hydroxylation is 2. The summed E-state index contributed by atoms with van der Waals surface area (Å²) in [5.41, 5.74) is 9.66. The minimum absolute atomic E-state index is 0.131. The maximum absolute atomic E-state index is 13.1. The maximum Gasteiger partial charge on any atom is 0.573 e. The lowest BCUT2D eigenvalue weighted by Crippen LogP contribution is -2.43. The molecular weight excluding hydrogens is 447 g/mol. The summed E-state index contributed by atoms with van der Waals surface area (Å²) in [6.07, 6.45) is -2.89. The fourth-order valence-corrected chi connectivity index (χ4v) is 4.05. The summed E-state index contributed by atoms with van der Waals surface area (Å²) in [6.45, 7) is 4.97. The average Bonchev–Trinajstić information content (AvgIpc) is 3.43. The van der Waals surface area contributed by atoms with Crippen molar-refractivity contribution in [3.63, 3.8) is 0 Å². The zero-order chi connectivity index (χ0) is 24.7. The first-order chi connectivity index (χ1) is 15.9. The van der Waals surface area contributed by atoms with Crippen LogP contribution in [0.15, 0.2) is 48.5 Å². The van der Waals surface area contributed by atoms with E-state index in [1.165, 1.54) is 29.3 Å². The molecule has 0 radical (unpaired) electrons. The van der Waals surface area contributed by atoms with E-state index in [-0.39, 0.29) is 22.4 Å². The molecule has 0 saturated heterocycles. The van der Waals surface area contributed by atoms with E-state index in [2.05, 4.69) is 9.84 Å². The molecule has 4 N–H and O–H groups in total. The summed E-state index contributed by atoms with van der Waals surface area (Å²) in [7, 11) is 0. The smallest absolute Gasteiger partial charge is 0.406 e. The van der Waals surface area contributed by atoms with Crippen LogP contribution < -0.4 is 16.3 Å². The quantitative estimate of drug-likeness (QED) is 0.229. The van der Waals surface area contributed by atoms with Crippen LogP contribution in [-0.4, -0.2) is 33.6 Å². The van der Waals surface area contributed by atoms with Gasteiger partial charge in [0, 0.05) is 29.9 Å². The first kappa shape index (κ1) is 23.6. The molecule has 0 aliphatic heterocycles. The van der Waals surface area contributed by atoms with Crippen molar-refractivity contribution < 1.29 is 22.7 Å². The predicted molar refractivity (Wildman–Crippen MR) is 122 cm³/mol. The van der Waals surface area contributed by atoms with Crippen molar-refractivity contribution in [3.05, 3.63) is 65.5 Å². The topological polar surface area (TPSA) is 99.4 Å². The van der Waals surface area contributed by atoms with Crippen molar-refractivity contribution in [1.29, 1.82) is 0 Å². The Bertz CT molecular complexity index is 1200. The van der Waals surface area contributed by atoms with Gasteiger partial charge >= 0.3 is 6.36 Å². The van der Waals surface area contributed by atoms with Crippen molar-refractivity contribution in [3.8, 4) is 16.9 Å². The number of hydrazine groups is 1. The zero-order valence-corrected chi connectivity index (χ0v) is 18.9. The third-order valence-corrected chi connectivity index (χ3v) is 6.02. The molecule has 7 nitrogen and oxygen atoms in total. The molecule has 1 heterocycles. The standard InChI is InChI=1S/C24H26F3N5O2/c1-15-11-16(2)32(30-15)14-23(9-10-23)13-31(29)22(33)20-12-18(5-8-21(20)28)17-3-6-19(7-4-17)34-24(25,26)27/h3-8,11-12H,9-10,13-14,28-29H2,1-2H3. The second-order valence-electron chi connectivity index (χ2n) is 8.89. The molecule has 0 bridgehead atoms. The Morgan fingerprint density at radius 1 is 1.12 bits per heavy atom. The highest BCUT2D eigenvalue weighted by molar-refractivity contribution is 6.00. The summed E-state index contributed by atoms with van der Waals surface area (Å²) in [5.74, 6) is 5.44. The Hall–Kier alpha value is -3.53. The summed E-state index contributed by atoms with van der Waals surface area (Å²) in [4.78, 5) is 13.1. The maximum atomic E-state index is 13.1. The van der Waals surface area contributed by atoms with E-state index in [1.807, 2.05) is 24.6 Å². The Labute approximate surface area is 195 Å². The molecule has 0 atom stereocenters. The number of amides is 1. The number of carbonyl (C=O) groups excluding carboxylic acids is 1. The van der Waals surface area contributed by atoms with Gasteiger partial charge < -0.3 is 10.5 Å². The molecule has 2 aromatic carbocycles. The lowest BCUT2D eigenvalue weighted by molar-refractivity contribution is -0.274. The van der Waals surface area contributed by atoms with Gasteiger partial charge in [-0.15, -0.1) is 13.2 Å². The van der Waals surface area contributed by atoms with E-state index in [0.717, 1.165) is 24.2 Å². The zero-order valence-electron chi connectivity index (χ0n) is 18.9. The summed E-state index contributed by atoms with van der Waals surface area (Å²) >= 11 is 0. The van der Waals surface area contributed by atoms with Crippen molar-refractivity contribution >= 4 is 11.6 Å². The third-order valence-electron chi connectivity index (χ3n) is 6.02. The predicted octanol–water partition coefficient (Wildman–Crippen LogP) is 4.44. The minimum Gasteiger partial charge on any atom is -0.406 e. The second kappa shape index (κ2) is 8.68. The van der Waals surface area contributed by atoms with E-state index in [0.29, 0.717) is 24.2 Å². The van der Waals surface area contributed by atoms with Crippen LogP contribution in [0, 0.1) is 19.3 Å². The number of benzene rings is 2. The number of aromatic nitrogens is 2. The first-order valence-corrected chi connectivity index (χ1v) is 10.8. The molecule has 3 aromatic rings. The number of nitrogens with zero attached hydrogens (tertiary/aromatic N) is 3. The Morgan fingerprint density at radius 3 is 2.32 bits per heavy atom. The number of ether oxygens (including phenoxy) is 1. The molecule has 1 aliphatic carbocycles. The molecule has 180 valence electrons. The van der Waals surface area contributed by atoms with Gasteiger partial charge in [-0.1, -0.05) is 18.2 Å². The number of hydrogen-bond donors (Lipinski definition) is 2. The van der Waals surface area contributed by atoms with E-state index >= 15 is 0 Å². The van der Waals surface area contributed by atoms with Gasteiger partial charge in [-0.25, -0.2) is 5.84 Å². The van der Waals surface area contributed by atoms with E-state index in [4.69, 9.17) is 11.6 Å². The highest BCUT2D eigenvalue weighted by Crippen LogP contribution is 2.47. The first-order valence-electron chi connectivity index (χ1n) is 10.8. The molecule has 0 unspecified atom stereocenters. The van der Waals surface area contributed by atoms with Crippen LogP contribution in [-0.2, 0) is 6.54 Å². The monoisotopic (exact) mass is 473 g/mol. The molecule has 1 fully saturated rings. The van der Waals surface area contributed by atoms with Gasteiger partial charge in [-0.2, -0.15) is 5.10 Å². The molecule has 1 aliphatic rings. The highest BCUT2D eigenvalue weighted by Gasteiger charge is 2.45. The highest BCUT2D eigenvalue weighted by atomic mass is 19.4. The van der Waals surface area contributed by atoms with Crippen LogP contribution in [0.5, 0.6) is 5.75 Å². The normalized spacial score (nSPS) is 14.6. The van der Waals surface area contributed by atoms with E-state index in [9.17, 15) is 18.0 Å². The molecular formula is C24H26F3N5O2. The molecule has 1 saturated carbocycles. The number of hydrogen-bond acceptors (Lipinski definition) is 5. The Balaban J connectivity index is 1.49. The fraction of sp³-hybridized carbons (Fsp3) is 0.333. The van der Waals surface area contributed by atoms with Crippen LogP contribution >= 0.6 is 0 Å². The van der Waals surface area contributed by atoms with Gasteiger partial charge in [0.25, 0.3) is 5.91 Å². The van der Waals surface area contributed by atoms with Crippen molar-refractivity contribution in [2.45, 2.75) is 39.6 Å². The number of nitrogens with two attached hydrogens (primary N) is 2. The number of nitrogen functional groups attached to an aromatic ring is 1. The van der Waals surface area contributed by atoms with E-state index in [1.54, 1.807) is 18.2 Å². The average molecular weight is 473 g/mol. The van der Waals surface area contributed by atoms with Crippen LogP contribution in [0.1, 0.15) is 34.6 Å². The minimum atomic E-state index is -4.76. The molecule has 0 spiro atoms. The molecule has 4 rings (SSSR count). The molecule has 34 heavy (non-hydrogen) atoms. The van der Waals surface area contributed by atoms with Gasteiger partial charge in [-0.05, 0) is 68.1 Å². The van der Waals surface area contributed by atoms with E-state index < -0.39 is 12.3 Å². The van der Waals surface area contributed by atoms with Crippen LogP contribution in [0.4, 0.5) is 18.9 Å². The number of alkyl halides is 3. The summed E-state index contributed by atoms with van der Waals surface area (Å²) < 4.78 is 43.0. The van der Waals surface area contributed by atoms with Gasteiger partial charge in [0.05, 0.1) is 11.3 Å². The second-order valence-corrected chi connectivity index (χ2v) is 8.89. The largest absolute Gasteiger partial charge is 0.573 e. The van der Waals surface area contributed by atoms with Crippen molar-refractivity contribution in [2.75, 3.05) is 12.3 Å². The number of rotatable bonds is 7. The number of halogens is 3. The van der Waals surface area contributed by atoms with Gasteiger partial charge in [0.15, 0.2) is 0 Å². The molecule has 10 heteroatoms. The Kier molecular flexibility index (Phi) is 6.03. The van der Waals surface area contributed by atoms with Crippen LogP contribution in [0.25, 0.3) is 11.1 Å². The summed E-state index contributed by atoms with van der Waals surface area (Å²) in [6, 6.07) is 12.3. The fourth-order valence-electron chi connectivity index (χ4n) is 4.05. The SMILES string of the molecule is Cc1cc(C)n(CC2(CN(N)C(=O)c3cc(-c4ccc(OC(F)(F)F)cc4)ccc3N)CC2)n1. The lowest BCUT2D eigenvalue weighted by Gasteiger charge is -2.24.